The summed E-state index contributed by atoms with van der Waals surface area (Å²) in [7, 11) is 1.68. The number of aryl methyl sites for hydroxylation is 2. The lowest BCUT2D eigenvalue weighted by atomic mass is 9.71. The molecular formula is C13H18ClNO. The SMILES string of the molecule is COc1c(C)cc(C)c(Cl)c1C1(N)CCC1. The van der Waals surface area contributed by atoms with Gasteiger partial charge in [-0.05, 0) is 44.2 Å². The molecule has 0 atom stereocenters. The second kappa shape index (κ2) is 3.94. The Bertz CT molecular complexity index is 424. The molecule has 2 nitrogen and oxygen atoms in total. The predicted molar refractivity (Wildman–Crippen MR) is 67.2 cm³/mol. The van der Waals surface area contributed by atoms with Crippen molar-refractivity contribution in [2.24, 2.45) is 5.73 Å². The molecule has 1 aliphatic rings. The zero-order valence-corrected chi connectivity index (χ0v) is 10.8. The summed E-state index contributed by atoms with van der Waals surface area (Å²) in [5.74, 6) is 0.859. The van der Waals surface area contributed by atoms with Crippen LogP contribution in [-0.2, 0) is 5.54 Å². The summed E-state index contributed by atoms with van der Waals surface area (Å²) in [5.41, 5.74) is 9.28. The topological polar surface area (TPSA) is 35.2 Å². The second-order valence-corrected chi connectivity index (χ2v) is 5.12. The van der Waals surface area contributed by atoms with Gasteiger partial charge < -0.3 is 10.5 Å². The van der Waals surface area contributed by atoms with E-state index in [1.165, 1.54) is 6.42 Å². The summed E-state index contributed by atoms with van der Waals surface area (Å²) >= 11 is 6.39. The number of hydrogen-bond acceptors (Lipinski definition) is 2. The zero-order valence-electron chi connectivity index (χ0n) is 10.1. The highest BCUT2D eigenvalue weighted by Crippen LogP contribution is 2.47. The lowest BCUT2D eigenvalue weighted by Crippen LogP contribution is -2.44. The summed E-state index contributed by atoms with van der Waals surface area (Å²) in [6.07, 6.45) is 3.15. The summed E-state index contributed by atoms with van der Waals surface area (Å²) in [6.45, 7) is 4.05. The van der Waals surface area contributed by atoms with Gasteiger partial charge in [-0.25, -0.2) is 0 Å². The molecule has 88 valence electrons. The van der Waals surface area contributed by atoms with Crippen LogP contribution in [0.3, 0.4) is 0 Å². The smallest absolute Gasteiger partial charge is 0.128 e. The fourth-order valence-corrected chi connectivity index (χ4v) is 2.79. The summed E-state index contributed by atoms with van der Waals surface area (Å²) in [4.78, 5) is 0. The second-order valence-electron chi connectivity index (χ2n) is 4.74. The van der Waals surface area contributed by atoms with Gasteiger partial charge in [0.25, 0.3) is 0 Å². The molecule has 0 radical (unpaired) electrons. The van der Waals surface area contributed by atoms with Crippen LogP contribution in [0.4, 0.5) is 0 Å². The lowest BCUT2D eigenvalue weighted by molar-refractivity contribution is 0.243. The number of hydrogen-bond donors (Lipinski definition) is 1. The first-order chi connectivity index (χ1) is 7.49. The molecule has 3 heteroatoms. The van der Waals surface area contributed by atoms with E-state index in [0.717, 1.165) is 40.3 Å². The van der Waals surface area contributed by atoms with Crippen LogP contribution in [0.25, 0.3) is 0 Å². The Kier molecular flexibility index (Phi) is 2.89. The number of ether oxygens (including phenoxy) is 1. The van der Waals surface area contributed by atoms with Gasteiger partial charge in [0.15, 0.2) is 0 Å². The summed E-state index contributed by atoms with van der Waals surface area (Å²) < 4.78 is 5.47. The van der Waals surface area contributed by atoms with E-state index in [1.54, 1.807) is 7.11 Å². The van der Waals surface area contributed by atoms with Gasteiger partial charge in [-0.2, -0.15) is 0 Å². The first kappa shape index (κ1) is 11.7. The largest absolute Gasteiger partial charge is 0.496 e. The molecule has 16 heavy (non-hydrogen) atoms. The Morgan fingerprint density at radius 2 is 1.94 bits per heavy atom. The Morgan fingerprint density at radius 3 is 2.38 bits per heavy atom. The number of benzene rings is 1. The van der Waals surface area contributed by atoms with Gasteiger partial charge in [-0.15, -0.1) is 0 Å². The Balaban J connectivity index is 2.65. The monoisotopic (exact) mass is 239 g/mol. The molecular weight excluding hydrogens is 222 g/mol. The fourth-order valence-electron chi connectivity index (χ4n) is 2.46. The molecule has 0 amide bonds. The molecule has 1 fully saturated rings. The minimum atomic E-state index is -0.279. The van der Waals surface area contributed by atoms with Gasteiger partial charge >= 0.3 is 0 Å². The third-order valence-electron chi connectivity index (χ3n) is 3.53. The van der Waals surface area contributed by atoms with Crippen molar-refractivity contribution < 1.29 is 4.74 Å². The van der Waals surface area contributed by atoms with Crippen molar-refractivity contribution in [2.45, 2.75) is 38.6 Å². The van der Waals surface area contributed by atoms with Crippen molar-refractivity contribution in [2.75, 3.05) is 7.11 Å². The Hall–Kier alpha value is -0.730. The van der Waals surface area contributed by atoms with Crippen molar-refractivity contribution in [3.8, 4) is 5.75 Å². The van der Waals surface area contributed by atoms with Crippen LogP contribution < -0.4 is 10.5 Å². The van der Waals surface area contributed by atoms with E-state index in [1.807, 2.05) is 19.9 Å². The van der Waals surface area contributed by atoms with Crippen LogP contribution in [0.15, 0.2) is 6.07 Å². The maximum Gasteiger partial charge on any atom is 0.128 e. The molecule has 1 aromatic rings. The third-order valence-corrected chi connectivity index (χ3v) is 4.02. The predicted octanol–water partition coefficient (Wildman–Crippen LogP) is 3.30. The normalized spacial score (nSPS) is 18.1. The van der Waals surface area contributed by atoms with E-state index >= 15 is 0 Å². The molecule has 0 heterocycles. The molecule has 2 N–H and O–H groups in total. The van der Waals surface area contributed by atoms with Crippen LogP contribution in [0.5, 0.6) is 5.75 Å². The van der Waals surface area contributed by atoms with Crippen LogP contribution in [-0.4, -0.2) is 7.11 Å². The minimum Gasteiger partial charge on any atom is -0.496 e. The van der Waals surface area contributed by atoms with E-state index in [4.69, 9.17) is 22.1 Å². The lowest BCUT2D eigenvalue weighted by Gasteiger charge is -2.40. The van der Waals surface area contributed by atoms with Gasteiger partial charge in [-0.3, -0.25) is 0 Å². The molecule has 1 aliphatic carbocycles. The third kappa shape index (κ3) is 1.61. The van der Waals surface area contributed by atoms with Gasteiger partial charge in [0, 0.05) is 11.1 Å². The van der Waals surface area contributed by atoms with Crippen LogP contribution in [0.1, 0.15) is 36.0 Å². The van der Waals surface area contributed by atoms with Gasteiger partial charge in [0.1, 0.15) is 5.75 Å². The van der Waals surface area contributed by atoms with E-state index in [0.29, 0.717) is 0 Å². The van der Waals surface area contributed by atoms with Crippen LogP contribution >= 0.6 is 11.6 Å². The van der Waals surface area contributed by atoms with Gasteiger partial charge in [-0.1, -0.05) is 17.7 Å². The highest BCUT2D eigenvalue weighted by Gasteiger charge is 2.39. The zero-order chi connectivity index (χ0) is 11.9. The first-order valence-electron chi connectivity index (χ1n) is 5.62. The standard InChI is InChI=1S/C13H18ClNO/c1-8-7-9(2)12(16-3)10(11(8)14)13(15)5-4-6-13/h7H,4-6,15H2,1-3H3. The number of methoxy groups -OCH3 is 1. The molecule has 0 bridgehead atoms. The number of halogens is 1. The van der Waals surface area contributed by atoms with Crippen molar-refractivity contribution in [3.63, 3.8) is 0 Å². The average molecular weight is 240 g/mol. The van der Waals surface area contributed by atoms with E-state index < -0.39 is 0 Å². The van der Waals surface area contributed by atoms with Crippen LogP contribution in [0, 0.1) is 13.8 Å². The van der Waals surface area contributed by atoms with Gasteiger partial charge in [0.05, 0.1) is 12.1 Å². The quantitative estimate of drug-likeness (QED) is 0.860. The molecule has 2 rings (SSSR count). The first-order valence-corrected chi connectivity index (χ1v) is 6.00. The highest BCUT2D eigenvalue weighted by molar-refractivity contribution is 6.32. The molecule has 0 saturated heterocycles. The maximum absolute atomic E-state index is 6.39. The van der Waals surface area contributed by atoms with Gasteiger partial charge in [0.2, 0.25) is 0 Å². The molecule has 0 aromatic heterocycles. The van der Waals surface area contributed by atoms with Crippen molar-refractivity contribution in [1.82, 2.24) is 0 Å². The molecule has 1 aromatic carbocycles. The molecule has 0 spiro atoms. The highest BCUT2D eigenvalue weighted by atomic mass is 35.5. The fraction of sp³-hybridized carbons (Fsp3) is 0.538. The van der Waals surface area contributed by atoms with Crippen molar-refractivity contribution in [1.29, 1.82) is 0 Å². The van der Waals surface area contributed by atoms with Crippen molar-refractivity contribution >= 4 is 11.6 Å². The molecule has 0 aliphatic heterocycles. The summed E-state index contributed by atoms with van der Waals surface area (Å²) in [6, 6.07) is 2.05. The van der Waals surface area contributed by atoms with E-state index in [-0.39, 0.29) is 5.54 Å². The Morgan fingerprint density at radius 1 is 1.31 bits per heavy atom. The maximum atomic E-state index is 6.39. The molecule has 0 unspecified atom stereocenters. The molecule has 1 saturated carbocycles. The number of rotatable bonds is 2. The van der Waals surface area contributed by atoms with E-state index in [2.05, 4.69) is 0 Å². The minimum absolute atomic E-state index is 0.279. The Labute approximate surface area is 102 Å². The average Bonchev–Trinajstić information content (AvgIpc) is 2.19. The summed E-state index contributed by atoms with van der Waals surface area (Å²) in [5, 5.41) is 0.768. The van der Waals surface area contributed by atoms with Crippen molar-refractivity contribution in [3.05, 3.63) is 27.8 Å². The van der Waals surface area contributed by atoms with E-state index in [9.17, 15) is 0 Å². The number of nitrogens with two attached hydrogens (primary N) is 1. The van der Waals surface area contributed by atoms with Crippen LogP contribution in [0.2, 0.25) is 5.02 Å².